The zero-order valence-electron chi connectivity index (χ0n) is 66.5. The molecule has 4 aliphatic rings. The fraction of sp³-hybridized carbons (Fsp3) is 0.0714. The number of nitrogens with zero attached hydrogens (tertiary/aromatic N) is 6. The molecular weight excluding hydrogens is 1460 g/mol. The van der Waals surface area contributed by atoms with Crippen molar-refractivity contribution in [1.29, 1.82) is 5.26 Å². The molecule has 18 aromatic rings. The highest BCUT2D eigenvalue weighted by Gasteiger charge is 2.55. The van der Waals surface area contributed by atoms with Crippen molar-refractivity contribution in [3.8, 4) is 153 Å². The molecule has 8 heteroatoms. The SMILES string of the molecule is CC1(C)c2ccccc2C2(c3ccccc3Oc3ccccc32)c2ccc(-c3cccc(-c4cc(-c5cccc(-c6cc(C#N)cc(-c7cccc(-c8nc(-c9cccc(-c%10ccccn%10)c9)cc(-c9ccccc9-c9cccc%10c9C(C)(C)c9ccccc9C%109c%10ccccc%10Oc%10ccccc%109)n8)c7)c6)c5)nc(-c5ccccc5)n4)c3)cc21. The van der Waals surface area contributed by atoms with Crippen LogP contribution >= 0.6 is 0 Å². The first-order valence-corrected chi connectivity index (χ1v) is 41.0. The third-order valence-corrected chi connectivity index (χ3v) is 25.4. The number of pyridine rings is 1. The second-order valence-corrected chi connectivity index (χ2v) is 32.8. The Labute approximate surface area is 697 Å². The maximum Gasteiger partial charge on any atom is 0.160 e. The van der Waals surface area contributed by atoms with E-state index >= 15 is 0 Å². The zero-order valence-corrected chi connectivity index (χ0v) is 66.5. The average Bonchev–Trinajstić information content (AvgIpc) is 0.678. The Kier molecular flexibility index (Phi) is 16.6. The van der Waals surface area contributed by atoms with Crippen LogP contribution in [0.1, 0.15) is 100 Å². The first-order chi connectivity index (χ1) is 58.9. The lowest BCUT2D eigenvalue weighted by Gasteiger charge is -2.50. The molecule has 0 saturated carbocycles. The van der Waals surface area contributed by atoms with E-state index in [1.807, 2.05) is 54.7 Å². The number of hydrogen-bond donors (Lipinski definition) is 0. The Morgan fingerprint density at radius 2 is 0.592 bits per heavy atom. The lowest BCUT2D eigenvalue weighted by molar-refractivity contribution is 0.425. The van der Waals surface area contributed by atoms with E-state index in [1.54, 1.807) is 0 Å². The zero-order chi connectivity index (χ0) is 80.4. The molecule has 8 nitrogen and oxygen atoms in total. The van der Waals surface area contributed by atoms with Crippen LogP contribution in [-0.2, 0) is 21.7 Å². The van der Waals surface area contributed by atoms with Gasteiger partial charge in [0.15, 0.2) is 11.6 Å². The summed E-state index contributed by atoms with van der Waals surface area (Å²) in [5, 5.41) is 11.0. The molecule has 120 heavy (non-hydrogen) atoms. The molecule has 22 rings (SSSR count). The molecule has 15 aromatic carbocycles. The van der Waals surface area contributed by atoms with E-state index in [2.05, 4.69) is 367 Å². The van der Waals surface area contributed by atoms with Crippen molar-refractivity contribution in [2.24, 2.45) is 0 Å². The van der Waals surface area contributed by atoms with Crippen LogP contribution in [0.4, 0.5) is 0 Å². The van der Waals surface area contributed by atoms with Gasteiger partial charge in [0, 0.05) is 78.2 Å². The van der Waals surface area contributed by atoms with Crippen LogP contribution in [0.15, 0.2) is 388 Å². The minimum absolute atomic E-state index is 0.351. The summed E-state index contributed by atoms with van der Waals surface area (Å²) in [6.07, 6.45) is 1.83. The summed E-state index contributed by atoms with van der Waals surface area (Å²) in [5.74, 6) is 4.58. The summed E-state index contributed by atoms with van der Waals surface area (Å²) in [5.41, 5.74) is 31.2. The molecular formula is C112H76N6O2. The highest BCUT2D eigenvalue weighted by atomic mass is 16.5. The van der Waals surface area contributed by atoms with Gasteiger partial charge in [0.2, 0.25) is 0 Å². The molecule has 0 saturated heterocycles. The summed E-state index contributed by atoms with van der Waals surface area (Å²) in [4.78, 5) is 26.7. The van der Waals surface area contributed by atoms with Crippen LogP contribution < -0.4 is 9.47 Å². The van der Waals surface area contributed by atoms with Crippen LogP contribution in [0, 0.1) is 11.3 Å². The predicted molar refractivity (Wildman–Crippen MR) is 481 cm³/mol. The van der Waals surface area contributed by atoms with Crippen LogP contribution in [0.5, 0.6) is 23.0 Å². The van der Waals surface area contributed by atoms with E-state index in [0.29, 0.717) is 17.2 Å². The minimum Gasteiger partial charge on any atom is -0.457 e. The van der Waals surface area contributed by atoms with E-state index in [4.69, 9.17) is 34.4 Å². The van der Waals surface area contributed by atoms with Crippen molar-refractivity contribution in [3.63, 3.8) is 0 Å². The monoisotopic (exact) mass is 1540 g/mol. The van der Waals surface area contributed by atoms with Crippen molar-refractivity contribution in [1.82, 2.24) is 24.9 Å². The number of fused-ring (bicyclic) bond motifs is 16. The van der Waals surface area contributed by atoms with E-state index in [0.717, 1.165) is 157 Å². The fourth-order valence-electron chi connectivity index (χ4n) is 20.0. The molecule has 2 spiro atoms. The molecule has 0 amide bonds. The number of benzene rings is 15. The minimum atomic E-state index is -0.708. The van der Waals surface area contributed by atoms with Crippen molar-refractivity contribution < 1.29 is 9.47 Å². The molecule has 0 atom stereocenters. The van der Waals surface area contributed by atoms with Crippen molar-refractivity contribution in [2.75, 3.05) is 0 Å². The van der Waals surface area contributed by atoms with E-state index in [1.165, 1.54) is 44.5 Å². The molecule has 0 N–H and O–H groups in total. The predicted octanol–water partition coefficient (Wildman–Crippen LogP) is 27.1. The fourth-order valence-corrected chi connectivity index (χ4v) is 20.0. The maximum atomic E-state index is 11.0. The molecule has 3 aromatic heterocycles. The van der Waals surface area contributed by atoms with Gasteiger partial charge in [-0.2, -0.15) is 5.26 Å². The molecule has 566 valence electrons. The highest BCUT2D eigenvalue weighted by Crippen LogP contribution is 2.65. The van der Waals surface area contributed by atoms with Gasteiger partial charge in [0.05, 0.1) is 50.9 Å². The molecule has 5 heterocycles. The maximum absolute atomic E-state index is 11.0. The molecule has 2 aliphatic heterocycles. The highest BCUT2D eigenvalue weighted by molar-refractivity contribution is 5.91. The normalized spacial score (nSPS) is 14.1. The number of para-hydroxylation sites is 4. The summed E-state index contributed by atoms with van der Waals surface area (Å²) >= 11 is 0. The second kappa shape index (κ2) is 28.0. The Bertz CT molecular complexity index is 7190. The Balaban J connectivity index is 0.639. The van der Waals surface area contributed by atoms with Crippen LogP contribution in [0.2, 0.25) is 0 Å². The van der Waals surface area contributed by atoms with Gasteiger partial charge in [0.25, 0.3) is 0 Å². The first kappa shape index (κ1) is 71.3. The van der Waals surface area contributed by atoms with Crippen LogP contribution in [-0.4, -0.2) is 24.9 Å². The smallest absolute Gasteiger partial charge is 0.160 e. The number of ether oxygens (including phenoxy) is 2. The summed E-state index contributed by atoms with van der Waals surface area (Å²) in [6, 6.07) is 138. The third-order valence-electron chi connectivity index (χ3n) is 25.4. The lowest BCUT2D eigenvalue weighted by atomic mass is 9.53. The van der Waals surface area contributed by atoms with Crippen molar-refractivity contribution in [2.45, 2.75) is 49.4 Å². The largest absolute Gasteiger partial charge is 0.457 e. The average molecular weight is 1540 g/mol. The van der Waals surface area contributed by atoms with Crippen molar-refractivity contribution >= 4 is 0 Å². The lowest BCUT2D eigenvalue weighted by Crippen LogP contribution is -2.43. The van der Waals surface area contributed by atoms with E-state index < -0.39 is 16.2 Å². The van der Waals surface area contributed by atoms with Gasteiger partial charge in [-0.1, -0.05) is 313 Å². The molecule has 0 unspecified atom stereocenters. The molecule has 2 aliphatic carbocycles. The molecule has 0 bridgehead atoms. The van der Waals surface area contributed by atoms with Crippen LogP contribution in [0.25, 0.3) is 124 Å². The van der Waals surface area contributed by atoms with E-state index in [-0.39, 0.29) is 5.41 Å². The first-order valence-electron chi connectivity index (χ1n) is 41.0. The Morgan fingerprint density at radius 1 is 0.233 bits per heavy atom. The summed E-state index contributed by atoms with van der Waals surface area (Å²) in [7, 11) is 0. The Hall–Kier alpha value is -15.3. The summed E-state index contributed by atoms with van der Waals surface area (Å²) < 4.78 is 13.6. The molecule has 0 radical (unpaired) electrons. The molecule has 0 fully saturated rings. The van der Waals surface area contributed by atoms with Gasteiger partial charge >= 0.3 is 0 Å². The van der Waals surface area contributed by atoms with Gasteiger partial charge in [-0.25, -0.2) is 19.9 Å². The van der Waals surface area contributed by atoms with Gasteiger partial charge < -0.3 is 9.47 Å². The van der Waals surface area contributed by atoms with E-state index in [9.17, 15) is 5.26 Å². The summed E-state index contributed by atoms with van der Waals surface area (Å²) in [6.45, 7) is 9.49. The quantitative estimate of drug-likeness (QED) is 0.126. The number of hydrogen-bond acceptors (Lipinski definition) is 8. The van der Waals surface area contributed by atoms with Crippen molar-refractivity contribution in [3.05, 3.63) is 461 Å². The van der Waals surface area contributed by atoms with Gasteiger partial charge in [-0.05, 0) is 186 Å². The van der Waals surface area contributed by atoms with Gasteiger partial charge in [-0.15, -0.1) is 0 Å². The number of aromatic nitrogens is 5. The number of nitriles is 1. The number of rotatable bonds is 11. The van der Waals surface area contributed by atoms with Gasteiger partial charge in [0.1, 0.15) is 23.0 Å². The standard InChI is InChI=1S/C112H76N6O2/c1-109(2)86-42-10-12-44-88(86)111(91-46-14-18-52-102(91)119-103-53-19-15-47-92(103)111)90-57-56-75(66-96(90)109)72-31-24-35-77(61-72)98-67-99(116-107(115-98)71-29-6-5-7-30-71)78-36-25-32-73(62-78)81-59-70(69-113)60-82(65-81)74-33-26-38-80(63-74)108-117-100(79-37-27-34-76(64-79)97-51-22-23-58-114-97)68-101(118-108)84-40-9-8-39-83(84)85-41-28-50-95-106(85)110(3,4)87-43-11-13-45-89(87)112(95)93-48-16-20-54-104(93)120-105-55-21-17-49-94(105)112/h5-68H,1-4H3. The third kappa shape index (κ3) is 11.3. The van der Waals surface area contributed by atoms with Gasteiger partial charge in [-0.3, -0.25) is 4.98 Å². The topological polar surface area (TPSA) is 107 Å². The Morgan fingerprint density at radius 3 is 1.13 bits per heavy atom. The van der Waals surface area contributed by atoms with Crippen LogP contribution in [0.3, 0.4) is 0 Å². The second-order valence-electron chi connectivity index (χ2n) is 32.8.